The number of carbonyl (C=O) groups is 1. The maximum absolute atomic E-state index is 12.9. The van der Waals surface area contributed by atoms with Crippen molar-refractivity contribution < 1.29 is 19.0 Å². The number of nitrogens with zero attached hydrogens (tertiary/aromatic N) is 2. The van der Waals surface area contributed by atoms with Crippen molar-refractivity contribution in [3.63, 3.8) is 0 Å². The average molecular weight is 441 g/mol. The molecule has 1 spiro atoms. The predicted molar refractivity (Wildman–Crippen MR) is 122 cm³/mol. The van der Waals surface area contributed by atoms with Gasteiger partial charge in [0.05, 0.1) is 25.2 Å². The molecule has 0 aromatic heterocycles. The predicted octanol–water partition coefficient (Wildman–Crippen LogP) is 3.34. The molecular formula is C26H36N2O4. The van der Waals surface area contributed by atoms with Crippen LogP contribution in [0.1, 0.15) is 39.0 Å². The van der Waals surface area contributed by atoms with E-state index in [1.807, 2.05) is 12.1 Å². The van der Waals surface area contributed by atoms with Crippen molar-refractivity contribution in [1.82, 2.24) is 4.90 Å². The lowest BCUT2D eigenvalue weighted by Crippen LogP contribution is -2.52. The molecule has 32 heavy (non-hydrogen) atoms. The van der Waals surface area contributed by atoms with E-state index in [0.717, 1.165) is 57.9 Å². The summed E-state index contributed by atoms with van der Waals surface area (Å²) in [5, 5.41) is 0. The van der Waals surface area contributed by atoms with E-state index in [0.29, 0.717) is 11.8 Å². The van der Waals surface area contributed by atoms with Crippen LogP contribution in [0.4, 0.5) is 5.69 Å². The van der Waals surface area contributed by atoms with Gasteiger partial charge in [0.1, 0.15) is 11.9 Å². The first-order valence-electron chi connectivity index (χ1n) is 12.5. The monoisotopic (exact) mass is 440 g/mol. The number of benzene rings is 1. The molecule has 1 aromatic rings. The van der Waals surface area contributed by atoms with Crippen molar-refractivity contribution in [2.24, 2.45) is 23.2 Å². The van der Waals surface area contributed by atoms with Gasteiger partial charge in [-0.2, -0.15) is 0 Å². The first-order chi connectivity index (χ1) is 15.5. The normalized spacial score (nSPS) is 41.2. The van der Waals surface area contributed by atoms with E-state index in [-0.39, 0.29) is 29.0 Å². The number of piperazine rings is 1. The second-order valence-electron chi connectivity index (χ2n) is 11.1. The Labute approximate surface area is 191 Å². The highest BCUT2D eigenvalue weighted by Crippen LogP contribution is 2.62. The topological polar surface area (TPSA) is 54.5 Å². The fourth-order valence-electron chi connectivity index (χ4n) is 7.43. The van der Waals surface area contributed by atoms with Gasteiger partial charge in [-0.3, -0.25) is 9.69 Å². The van der Waals surface area contributed by atoms with E-state index in [1.165, 1.54) is 24.9 Å². The van der Waals surface area contributed by atoms with E-state index < -0.39 is 0 Å². The van der Waals surface area contributed by atoms with Crippen LogP contribution in [0.15, 0.2) is 24.3 Å². The Hall–Kier alpha value is -1.79. The van der Waals surface area contributed by atoms with Crippen LogP contribution in [0, 0.1) is 23.2 Å². The Kier molecular flexibility index (Phi) is 4.95. The van der Waals surface area contributed by atoms with Crippen LogP contribution in [0.5, 0.6) is 5.75 Å². The molecule has 0 amide bonds. The number of anilines is 1. The lowest BCUT2D eigenvalue weighted by Gasteiger charge is -2.51. The van der Waals surface area contributed by atoms with E-state index in [9.17, 15) is 4.79 Å². The lowest BCUT2D eigenvalue weighted by atomic mass is 9.53. The minimum Gasteiger partial charge on any atom is -0.497 e. The Morgan fingerprint density at radius 1 is 1.12 bits per heavy atom. The maximum atomic E-state index is 12.9. The summed E-state index contributed by atoms with van der Waals surface area (Å²) in [6.07, 6.45) is 5.95. The number of rotatable bonds is 4. The zero-order valence-corrected chi connectivity index (χ0v) is 19.4. The summed E-state index contributed by atoms with van der Waals surface area (Å²) in [4.78, 5) is 17.8. The van der Waals surface area contributed by atoms with E-state index in [2.05, 4.69) is 28.9 Å². The van der Waals surface area contributed by atoms with Crippen LogP contribution in [0.3, 0.4) is 0 Å². The van der Waals surface area contributed by atoms with Gasteiger partial charge in [0, 0.05) is 44.3 Å². The van der Waals surface area contributed by atoms with Crippen LogP contribution < -0.4 is 9.64 Å². The summed E-state index contributed by atoms with van der Waals surface area (Å²) in [5.41, 5.74) is 1.64. The molecule has 5 fully saturated rings. The van der Waals surface area contributed by atoms with Crippen molar-refractivity contribution in [2.45, 2.75) is 50.7 Å². The van der Waals surface area contributed by atoms with Crippen molar-refractivity contribution in [3.05, 3.63) is 24.3 Å². The third kappa shape index (κ3) is 3.41. The first kappa shape index (κ1) is 20.8. The minimum absolute atomic E-state index is 0.0230. The molecule has 0 unspecified atom stereocenters. The second kappa shape index (κ2) is 7.63. The van der Waals surface area contributed by atoms with Gasteiger partial charge >= 0.3 is 5.97 Å². The fraction of sp³-hybridized carbons (Fsp3) is 0.731. The van der Waals surface area contributed by atoms with Gasteiger partial charge in [-0.15, -0.1) is 0 Å². The molecule has 3 aliphatic heterocycles. The summed E-state index contributed by atoms with van der Waals surface area (Å²) in [6.45, 7) is 8.14. The van der Waals surface area contributed by atoms with Gasteiger partial charge in [-0.25, -0.2) is 0 Å². The number of ether oxygens (including phenoxy) is 3. The van der Waals surface area contributed by atoms with Gasteiger partial charge in [0.2, 0.25) is 0 Å². The molecule has 3 saturated heterocycles. The average Bonchev–Trinajstić information content (AvgIpc) is 3.51. The highest BCUT2D eigenvalue weighted by atomic mass is 16.6. The largest absolute Gasteiger partial charge is 0.497 e. The SMILES string of the molecule is COc1ccc(N2CCN(C[C@H]3C(=O)O[C@@H]4C[C@@]5(C)CCC[C@@]6(CO6)[C@H]5C[C@@H]43)CC2)cc1. The maximum Gasteiger partial charge on any atom is 0.310 e. The molecule has 3 heterocycles. The number of hydrogen-bond acceptors (Lipinski definition) is 6. The van der Waals surface area contributed by atoms with Gasteiger partial charge in [0.25, 0.3) is 0 Å². The molecule has 6 heteroatoms. The molecular weight excluding hydrogens is 404 g/mol. The molecule has 6 rings (SSSR count). The molecule has 0 bridgehead atoms. The summed E-state index contributed by atoms with van der Waals surface area (Å²) in [6, 6.07) is 8.31. The number of esters is 1. The number of methoxy groups -OCH3 is 1. The van der Waals surface area contributed by atoms with Gasteiger partial charge in [-0.1, -0.05) is 6.92 Å². The standard InChI is InChI=1S/C26H36N2O4/c1-25-8-3-9-26(17-31-26)23(25)14-20-21(24(29)32-22(20)15-25)16-27-10-12-28(13-11-27)18-4-6-19(30-2)7-5-18/h4-7,20-23H,3,8-17H2,1-2H3/t20-,21-,22-,23+,25-,26-/m1/s1. The number of epoxide rings is 1. The first-order valence-corrected chi connectivity index (χ1v) is 12.5. The summed E-state index contributed by atoms with van der Waals surface area (Å²) in [5.74, 6) is 1.91. The highest BCUT2D eigenvalue weighted by molar-refractivity contribution is 5.75. The van der Waals surface area contributed by atoms with Gasteiger partial charge in [0.15, 0.2) is 0 Å². The molecule has 0 N–H and O–H groups in total. The van der Waals surface area contributed by atoms with Crippen molar-refractivity contribution in [3.8, 4) is 5.75 Å². The Morgan fingerprint density at radius 3 is 2.56 bits per heavy atom. The van der Waals surface area contributed by atoms with Crippen molar-refractivity contribution in [1.29, 1.82) is 0 Å². The smallest absolute Gasteiger partial charge is 0.310 e. The fourth-order valence-corrected chi connectivity index (χ4v) is 7.43. The number of fused-ring (bicyclic) bond motifs is 3. The zero-order chi connectivity index (χ0) is 21.9. The summed E-state index contributed by atoms with van der Waals surface area (Å²) in [7, 11) is 1.70. The molecule has 6 nitrogen and oxygen atoms in total. The third-order valence-corrected chi connectivity index (χ3v) is 9.34. The van der Waals surface area contributed by atoms with E-state index in [4.69, 9.17) is 14.2 Å². The van der Waals surface area contributed by atoms with Gasteiger partial charge < -0.3 is 19.1 Å². The lowest BCUT2D eigenvalue weighted by molar-refractivity contribution is -0.147. The van der Waals surface area contributed by atoms with Crippen LogP contribution in [0.25, 0.3) is 0 Å². The van der Waals surface area contributed by atoms with Crippen molar-refractivity contribution in [2.75, 3.05) is 51.3 Å². The highest BCUT2D eigenvalue weighted by Gasteiger charge is 2.65. The zero-order valence-electron chi connectivity index (χ0n) is 19.4. The minimum atomic E-state index is 0.0230. The molecule has 1 aromatic carbocycles. The summed E-state index contributed by atoms with van der Waals surface area (Å²) >= 11 is 0. The van der Waals surface area contributed by atoms with E-state index >= 15 is 0 Å². The summed E-state index contributed by atoms with van der Waals surface area (Å²) < 4.78 is 17.3. The molecule has 0 radical (unpaired) electrons. The van der Waals surface area contributed by atoms with Gasteiger partial charge in [-0.05, 0) is 67.7 Å². The number of hydrogen-bond donors (Lipinski definition) is 0. The molecule has 5 aliphatic rings. The van der Waals surface area contributed by atoms with Crippen LogP contribution in [0.2, 0.25) is 0 Å². The number of carbonyl (C=O) groups excluding carboxylic acids is 1. The molecule has 6 atom stereocenters. The van der Waals surface area contributed by atoms with Crippen LogP contribution in [-0.2, 0) is 14.3 Å². The molecule has 2 saturated carbocycles. The second-order valence-corrected chi connectivity index (χ2v) is 11.1. The molecule has 174 valence electrons. The Balaban J connectivity index is 1.10. The Morgan fingerprint density at radius 2 is 1.88 bits per heavy atom. The van der Waals surface area contributed by atoms with E-state index in [1.54, 1.807) is 7.11 Å². The van der Waals surface area contributed by atoms with Crippen molar-refractivity contribution >= 4 is 11.7 Å². The van der Waals surface area contributed by atoms with Crippen LogP contribution >= 0.6 is 0 Å². The quantitative estimate of drug-likeness (QED) is 0.529. The molecule has 2 aliphatic carbocycles. The van der Waals surface area contributed by atoms with Crippen LogP contribution in [-0.4, -0.2) is 69.0 Å². The Bertz CT molecular complexity index is 861. The third-order valence-electron chi connectivity index (χ3n) is 9.34.